The van der Waals surface area contributed by atoms with E-state index in [0.717, 1.165) is 97.9 Å². The summed E-state index contributed by atoms with van der Waals surface area (Å²) in [5, 5.41) is 0. The Kier molecular flexibility index (Phi) is 17.6. The summed E-state index contributed by atoms with van der Waals surface area (Å²) in [6, 6.07) is 19.5. The summed E-state index contributed by atoms with van der Waals surface area (Å²) in [6.07, 6.45) is 13.7. The van der Waals surface area contributed by atoms with Gasteiger partial charge in [-0.25, -0.2) is 28.0 Å². The van der Waals surface area contributed by atoms with Gasteiger partial charge in [-0.3, -0.25) is 0 Å². The predicted molar refractivity (Wildman–Crippen MR) is 236 cm³/mol. The van der Waals surface area contributed by atoms with Crippen LogP contribution in [0.2, 0.25) is 0 Å². The third kappa shape index (κ3) is 14.1. The fourth-order valence-corrected chi connectivity index (χ4v) is 6.86. The summed E-state index contributed by atoms with van der Waals surface area (Å²) < 4.78 is 62.1. The highest BCUT2D eigenvalue weighted by molar-refractivity contribution is 5.90. The van der Waals surface area contributed by atoms with Gasteiger partial charge in [0, 0.05) is 53.0 Å². The molecule has 0 unspecified atom stereocenters. The van der Waals surface area contributed by atoms with Gasteiger partial charge in [-0.15, -0.1) is 0 Å². The molecule has 0 fully saturated rings. The number of benzene rings is 4. The highest BCUT2D eigenvalue weighted by Gasteiger charge is 2.36. The number of fused-ring (bicyclic) bond motifs is 3. The summed E-state index contributed by atoms with van der Waals surface area (Å²) in [5.41, 5.74) is 3.51. The predicted octanol–water partition coefficient (Wildman–Crippen LogP) is 10.8. The molecule has 330 valence electrons. The number of hydrogen-bond donors (Lipinski definition) is 0. The number of rotatable bonds is 24. The van der Waals surface area contributed by atoms with Crippen molar-refractivity contribution in [2.24, 2.45) is 0 Å². The SMILES string of the molecule is C=CC(=O)OCCCCCCOc1ccc(C=CC(=O)Oc2ccc3c(c2)C(C)(C)c2cc(OC(=O)C=Cc4ccc(OCCCCCCOC(=O)C=C)cc4F)ccc2-3)c(F)c1. The van der Waals surface area contributed by atoms with E-state index < -0.39 is 40.9 Å². The largest absolute Gasteiger partial charge is 0.493 e. The normalized spacial score (nSPS) is 12.3. The maximum absolute atomic E-state index is 14.8. The van der Waals surface area contributed by atoms with Crippen LogP contribution >= 0.6 is 0 Å². The standard InChI is InChI=1S/C51H52F2O10/c1-5-47(54)60-29-13-9-7-11-27-58-37-19-15-35(45(52)33-37)17-25-49(56)62-39-21-23-41-42-24-22-40(32-44(42)51(3,4)43(41)31-39)63-50(57)26-18-36-16-20-38(34-46(36)53)59-28-12-8-10-14-30-61-48(55)6-2/h5-6,15-26,31-34H,1-2,7-14,27-30H2,3-4H3. The third-order valence-corrected chi connectivity index (χ3v) is 10.2. The summed E-state index contributed by atoms with van der Waals surface area (Å²) in [7, 11) is 0. The zero-order chi connectivity index (χ0) is 45.2. The second-order valence-electron chi connectivity index (χ2n) is 15.2. The van der Waals surface area contributed by atoms with Crippen LogP contribution in [0.5, 0.6) is 23.0 Å². The molecule has 0 radical (unpaired) electrons. The summed E-state index contributed by atoms with van der Waals surface area (Å²) in [4.78, 5) is 47.8. The quantitative estimate of drug-likeness (QED) is 0.0291. The molecule has 10 nitrogen and oxygen atoms in total. The number of carbonyl (C=O) groups is 4. The van der Waals surface area contributed by atoms with Crippen LogP contribution in [0.25, 0.3) is 23.3 Å². The Balaban J connectivity index is 1.08. The minimum atomic E-state index is -0.681. The van der Waals surface area contributed by atoms with Crippen molar-refractivity contribution in [3.63, 3.8) is 0 Å². The second-order valence-corrected chi connectivity index (χ2v) is 15.2. The Morgan fingerprint density at radius 3 is 1.27 bits per heavy atom. The van der Waals surface area contributed by atoms with E-state index in [-0.39, 0.29) is 11.1 Å². The van der Waals surface area contributed by atoms with Crippen LogP contribution in [0, 0.1) is 11.6 Å². The molecule has 0 aromatic heterocycles. The Bertz CT molecular complexity index is 2180. The Labute approximate surface area is 366 Å². The fraction of sp³-hybridized carbons (Fsp3) is 0.294. The average molecular weight is 863 g/mol. The van der Waals surface area contributed by atoms with E-state index in [2.05, 4.69) is 13.2 Å². The van der Waals surface area contributed by atoms with Crippen molar-refractivity contribution in [2.75, 3.05) is 26.4 Å². The van der Waals surface area contributed by atoms with Gasteiger partial charge in [0.1, 0.15) is 34.6 Å². The van der Waals surface area contributed by atoms with Crippen molar-refractivity contribution >= 4 is 36.0 Å². The van der Waals surface area contributed by atoms with E-state index in [4.69, 9.17) is 28.4 Å². The van der Waals surface area contributed by atoms with Crippen molar-refractivity contribution < 1.29 is 56.4 Å². The lowest BCUT2D eigenvalue weighted by Crippen LogP contribution is -2.16. The fourth-order valence-electron chi connectivity index (χ4n) is 6.86. The van der Waals surface area contributed by atoms with Crippen molar-refractivity contribution in [3.8, 4) is 34.1 Å². The zero-order valence-electron chi connectivity index (χ0n) is 35.6. The molecule has 5 rings (SSSR count). The molecule has 63 heavy (non-hydrogen) atoms. The smallest absolute Gasteiger partial charge is 0.336 e. The average Bonchev–Trinajstić information content (AvgIpc) is 3.48. The number of unbranched alkanes of at least 4 members (excludes halogenated alkanes) is 6. The number of halogens is 2. The molecule has 0 atom stereocenters. The van der Waals surface area contributed by atoms with Crippen molar-refractivity contribution in [1.29, 1.82) is 0 Å². The maximum Gasteiger partial charge on any atom is 0.336 e. The van der Waals surface area contributed by atoms with Gasteiger partial charge >= 0.3 is 23.9 Å². The molecular weight excluding hydrogens is 811 g/mol. The van der Waals surface area contributed by atoms with Crippen LogP contribution < -0.4 is 18.9 Å². The summed E-state index contributed by atoms with van der Waals surface area (Å²) in [5.74, 6) is -1.96. The molecule has 1 aliphatic rings. The van der Waals surface area contributed by atoms with E-state index in [9.17, 15) is 28.0 Å². The molecule has 0 saturated heterocycles. The molecule has 0 aliphatic heterocycles. The number of esters is 4. The van der Waals surface area contributed by atoms with Gasteiger partial charge in [-0.1, -0.05) is 39.1 Å². The number of ether oxygens (including phenoxy) is 6. The lowest BCUT2D eigenvalue weighted by Gasteiger charge is -2.22. The first-order chi connectivity index (χ1) is 30.4. The van der Waals surface area contributed by atoms with Crippen LogP contribution in [0.3, 0.4) is 0 Å². The minimum absolute atomic E-state index is 0.195. The molecule has 0 bridgehead atoms. The van der Waals surface area contributed by atoms with Gasteiger partial charge in [0.15, 0.2) is 0 Å². The lowest BCUT2D eigenvalue weighted by atomic mass is 9.82. The van der Waals surface area contributed by atoms with Crippen LogP contribution in [0.15, 0.2) is 110 Å². The number of carbonyl (C=O) groups excluding carboxylic acids is 4. The highest BCUT2D eigenvalue weighted by Crippen LogP contribution is 2.50. The molecule has 0 spiro atoms. The van der Waals surface area contributed by atoms with Crippen LogP contribution in [0.1, 0.15) is 87.5 Å². The number of hydrogen-bond acceptors (Lipinski definition) is 10. The second kappa shape index (κ2) is 23.4. The van der Waals surface area contributed by atoms with Gasteiger partial charge in [-0.2, -0.15) is 0 Å². The molecule has 0 amide bonds. The molecule has 0 saturated carbocycles. The topological polar surface area (TPSA) is 124 Å². The van der Waals surface area contributed by atoms with Gasteiger partial charge in [0.25, 0.3) is 0 Å². The van der Waals surface area contributed by atoms with Crippen molar-refractivity contribution in [2.45, 2.75) is 70.6 Å². The van der Waals surface area contributed by atoms with Crippen molar-refractivity contribution in [1.82, 2.24) is 0 Å². The monoisotopic (exact) mass is 862 g/mol. The van der Waals surface area contributed by atoms with E-state index in [0.29, 0.717) is 49.4 Å². The first kappa shape index (κ1) is 47.2. The molecule has 12 heteroatoms. The van der Waals surface area contributed by atoms with E-state index >= 15 is 0 Å². The van der Waals surface area contributed by atoms with Gasteiger partial charge in [0.05, 0.1) is 26.4 Å². The molecular formula is C51H52F2O10. The van der Waals surface area contributed by atoms with Gasteiger partial charge in [-0.05, 0) is 134 Å². The molecule has 0 heterocycles. The van der Waals surface area contributed by atoms with E-state index in [1.165, 1.54) is 36.4 Å². The molecule has 4 aromatic rings. The molecule has 1 aliphatic carbocycles. The van der Waals surface area contributed by atoms with E-state index in [1.54, 1.807) is 36.4 Å². The molecule has 0 N–H and O–H groups in total. The maximum atomic E-state index is 14.8. The van der Waals surface area contributed by atoms with Crippen LogP contribution in [-0.2, 0) is 34.1 Å². The first-order valence-electron chi connectivity index (χ1n) is 20.9. The summed E-state index contributed by atoms with van der Waals surface area (Å²) in [6.45, 7) is 12.2. The third-order valence-electron chi connectivity index (χ3n) is 10.2. The zero-order valence-corrected chi connectivity index (χ0v) is 35.6. The Morgan fingerprint density at radius 1 is 0.508 bits per heavy atom. The highest BCUT2D eigenvalue weighted by atomic mass is 19.1. The van der Waals surface area contributed by atoms with Crippen molar-refractivity contribution in [3.05, 3.63) is 144 Å². The van der Waals surface area contributed by atoms with Gasteiger partial charge < -0.3 is 28.4 Å². The lowest BCUT2D eigenvalue weighted by molar-refractivity contribution is -0.138. The summed E-state index contributed by atoms with van der Waals surface area (Å²) >= 11 is 0. The Morgan fingerprint density at radius 2 is 0.889 bits per heavy atom. The molecule has 4 aromatic carbocycles. The van der Waals surface area contributed by atoms with Crippen LogP contribution in [0.4, 0.5) is 8.78 Å². The first-order valence-corrected chi connectivity index (χ1v) is 20.9. The van der Waals surface area contributed by atoms with Gasteiger partial charge in [0.2, 0.25) is 0 Å². The minimum Gasteiger partial charge on any atom is -0.493 e. The van der Waals surface area contributed by atoms with Crippen LogP contribution in [-0.4, -0.2) is 50.3 Å². The van der Waals surface area contributed by atoms with E-state index in [1.807, 2.05) is 26.0 Å². The Hall–Kier alpha value is -6.82.